The number of hydrogen-bond acceptors (Lipinski definition) is 3. The summed E-state index contributed by atoms with van der Waals surface area (Å²) in [5.74, 6) is 0.499. The number of aryl methyl sites for hydroxylation is 1. The number of nitrogens with one attached hydrogen (secondary N) is 3. The van der Waals surface area contributed by atoms with Crippen molar-refractivity contribution in [2.45, 2.75) is 33.1 Å². The number of H-pyrrole nitrogens is 1. The molecule has 26 heavy (non-hydrogen) atoms. The van der Waals surface area contributed by atoms with Crippen molar-refractivity contribution in [3.63, 3.8) is 0 Å². The van der Waals surface area contributed by atoms with Crippen LogP contribution < -0.4 is 10.6 Å². The number of urea groups is 1. The molecule has 0 aliphatic carbocycles. The zero-order chi connectivity index (χ0) is 18.7. The maximum absolute atomic E-state index is 12.3. The topological polar surface area (TPSA) is 82.7 Å². The Morgan fingerprint density at radius 2 is 1.73 bits per heavy atom. The third kappa shape index (κ3) is 4.08. The van der Waals surface area contributed by atoms with Gasteiger partial charge in [0.1, 0.15) is 0 Å². The second kappa shape index (κ2) is 7.00. The Morgan fingerprint density at radius 1 is 1.00 bits per heavy atom. The standard InChI is InChI=1S/C20H23N5O/c1-13-11-15(14-7-9-21-10-8-14)5-6-16(13)22-19(26)23-18-12-17(24-25-18)20(2,3)4/h5-12H,1-4H3,(H3,22,23,24,25,26). The fourth-order valence-corrected chi connectivity index (χ4v) is 2.57. The Morgan fingerprint density at radius 3 is 2.35 bits per heavy atom. The molecule has 6 nitrogen and oxygen atoms in total. The molecule has 3 aromatic rings. The minimum atomic E-state index is -0.322. The molecule has 0 bridgehead atoms. The van der Waals surface area contributed by atoms with Crippen LogP contribution in [0.25, 0.3) is 11.1 Å². The van der Waals surface area contributed by atoms with Crippen LogP contribution >= 0.6 is 0 Å². The first-order valence-corrected chi connectivity index (χ1v) is 8.48. The number of pyridine rings is 1. The smallest absolute Gasteiger partial charge is 0.307 e. The molecule has 2 heterocycles. The fourth-order valence-electron chi connectivity index (χ4n) is 2.57. The van der Waals surface area contributed by atoms with Gasteiger partial charge in [0, 0.05) is 35.3 Å². The first-order valence-electron chi connectivity index (χ1n) is 8.48. The molecule has 0 fully saturated rings. The van der Waals surface area contributed by atoms with E-state index in [0.717, 1.165) is 28.1 Å². The minimum Gasteiger partial charge on any atom is -0.307 e. The van der Waals surface area contributed by atoms with Crippen LogP contribution in [0.3, 0.4) is 0 Å². The van der Waals surface area contributed by atoms with E-state index in [1.54, 1.807) is 12.4 Å². The molecule has 0 aliphatic heterocycles. The van der Waals surface area contributed by atoms with Crippen molar-refractivity contribution in [1.29, 1.82) is 0 Å². The zero-order valence-corrected chi connectivity index (χ0v) is 15.4. The van der Waals surface area contributed by atoms with E-state index in [2.05, 4.69) is 46.6 Å². The fraction of sp³-hybridized carbons (Fsp3) is 0.250. The predicted octanol–water partition coefficient (Wildman–Crippen LogP) is 4.72. The first kappa shape index (κ1) is 17.7. The lowest BCUT2D eigenvalue weighted by molar-refractivity contribution is 0.262. The summed E-state index contributed by atoms with van der Waals surface area (Å²) in [6.07, 6.45) is 3.53. The van der Waals surface area contributed by atoms with Crippen LogP contribution in [0.1, 0.15) is 32.0 Å². The van der Waals surface area contributed by atoms with Gasteiger partial charge in [-0.05, 0) is 47.9 Å². The molecule has 0 spiro atoms. The summed E-state index contributed by atoms with van der Waals surface area (Å²) in [5.41, 5.74) is 4.82. The molecule has 1 aromatic carbocycles. The van der Waals surface area contributed by atoms with E-state index < -0.39 is 0 Å². The maximum atomic E-state index is 12.3. The summed E-state index contributed by atoms with van der Waals surface area (Å²) < 4.78 is 0. The van der Waals surface area contributed by atoms with Gasteiger partial charge in [0.25, 0.3) is 0 Å². The van der Waals surface area contributed by atoms with Crippen molar-refractivity contribution in [3.8, 4) is 11.1 Å². The van der Waals surface area contributed by atoms with E-state index in [9.17, 15) is 4.79 Å². The lowest BCUT2D eigenvalue weighted by Crippen LogP contribution is -2.20. The van der Waals surface area contributed by atoms with Gasteiger partial charge >= 0.3 is 6.03 Å². The molecule has 3 N–H and O–H groups in total. The molecule has 0 saturated carbocycles. The highest BCUT2D eigenvalue weighted by Gasteiger charge is 2.17. The lowest BCUT2D eigenvalue weighted by atomic mass is 9.92. The maximum Gasteiger partial charge on any atom is 0.324 e. The molecule has 0 saturated heterocycles. The van der Waals surface area contributed by atoms with Crippen LogP contribution in [0, 0.1) is 6.92 Å². The molecular formula is C20H23N5O. The Kier molecular flexibility index (Phi) is 4.75. The summed E-state index contributed by atoms with van der Waals surface area (Å²) in [6.45, 7) is 8.21. The normalized spacial score (nSPS) is 11.2. The van der Waals surface area contributed by atoms with Crippen LogP contribution in [0.15, 0.2) is 48.8 Å². The summed E-state index contributed by atoms with van der Waals surface area (Å²) >= 11 is 0. The predicted molar refractivity (Wildman–Crippen MR) is 104 cm³/mol. The van der Waals surface area contributed by atoms with Crippen molar-refractivity contribution in [2.75, 3.05) is 10.6 Å². The molecule has 0 aliphatic rings. The highest BCUT2D eigenvalue weighted by Crippen LogP contribution is 2.25. The number of benzene rings is 1. The summed E-state index contributed by atoms with van der Waals surface area (Å²) in [4.78, 5) is 16.3. The van der Waals surface area contributed by atoms with E-state index in [1.807, 2.05) is 43.3 Å². The average molecular weight is 349 g/mol. The number of amides is 2. The average Bonchev–Trinajstić information content (AvgIpc) is 3.06. The largest absolute Gasteiger partial charge is 0.324 e. The van der Waals surface area contributed by atoms with E-state index in [0.29, 0.717) is 5.82 Å². The second-order valence-electron chi connectivity index (χ2n) is 7.26. The van der Waals surface area contributed by atoms with E-state index in [-0.39, 0.29) is 11.4 Å². The number of aromatic nitrogens is 3. The Bertz CT molecular complexity index is 909. The van der Waals surface area contributed by atoms with Gasteiger partial charge in [-0.15, -0.1) is 0 Å². The number of anilines is 2. The van der Waals surface area contributed by atoms with Gasteiger partial charge in [-0.2, -0.15) is 5.10 Å². The van der Waals surface area contributed by atoms with Crippen LogP contribution in [-0.2, 0) is 5.41 Å². The highest BCUT2D eigenvalue weighted by molar-refractivity contribution is 5.99. The van der Waals surface area contributed by atoms with E-state index in [1.165, 1.54) is 0 Å². The van der Waals surface area contributed by atoms with Crippen molar-refractivity contribution >= 4 is 17.5 Å². The van der Waals surface area contributed by atoms with Crippen molar-refractivity contribution in [3.05, 3.63) is 60.0 Å². The number of carbonyl (C=O) groups excluding carboxylic acids is 1. The van der Waals surface area contributed by atoms with Crippen LogP contribution in [0.2, 0.25) is 0 Å². The second-order valence-corrected chi connectivity index (χ2v) is 7.26. The van der Waals surface area contributed by atoms with Gasteiger partial charge in [0.05, 0.1) is 0 Å². The molecule has 2 amide bonds. The zero-order valence-electron chi connectivity index (χ0n) is 15.4. The molecule has 134 valence electrons. The molecule has 2 aromatic heterocycles. The Balaban J connectivity index is 1.69. The van der Waals surface area contributed by atoms with Crippen LogP contribution in [-0.4, -0.2) is 21.2 Å². The van der Waals surface area contributed by atoms with E-state index in [4.69, 9.17) is 0 Å². The third-order valence-electron chi connectivity index (χ3n) is 4.12. The lowest BCUT2D eigenvalue weighted by Gasteiger charge is -2.14. The minimum absolute atomic E-state index is 0.0528. The molecule has 6 heteroatoms. The highest BCUT2D eigenvalue weighted by atomic mass is 16.2. The number of carbonyl (C=O) groups is 1. The SMILES string of the molecule is Cc1cc(-c2ccncc2)ccc1NC(=O)Nc1cc(C(C)(C)C)[nH]n1. The van der Waals surface area contributed by atoms with Gasteiger partial charge in [-0.25, -0.2) is 4.79 Å². The van der Waals surface area contributed by atoms with Gasteiger partial charge < -0.3 is 5.32 Å². The number of hydrogen-bond donors (Lipinski definition) is 3. The summed E-state index contributed by atoms with van der Waals surface area (Å²) in [5, 5.41) is 12.7. The van der Waals surface area contributed by atoms with Crippen molar-refractivity contribution in [1.82, 2.24) is 15.2 Å². The number of nitrogens with zero attached hydrogens (tertiary/aromatic N) is 2. The summed E-state index contributed by atoms with van der Waals surface area (Å²) in [7, 11) is 0. The van der Waals surface area contributed by atoms with Gasteiger partial charge in [-0.1, -0.05) is 26.8 Å². The van der Waals surface area contributed by atoms with E-state index >= 15 is 0 Å². The monoisotopic (exact) mass is 349 g/mol. The van der Waals surface area contributed by atoms with Crippen LogP contribution in [0.5, 0.6) is 0 Å². The third-order valence-corrected chi connectivity index (χ3v) is 4.12. The molecule has 0 unspecified atom stereocenters. The Hall–Kier alpha value is -3.15. The van der Waals surface area contributed by atoms with Crippen molar-refractivity contribution in [2.24, 2.45) is 0 Å². The molecule has 0 radical (unpaired) electrons. The quantitative estimate of drug-likeness (QED) is 0.640. The van der Waals surface area contributed by atoms with Crippen LogP contribution in [0.4, 0.5) is 16.3 Å². The Labute approximate surface area is 153 Å². The first-order chi connectivity index (χ1) is 12.3. The summed E-state index contributed by atoms with van der Waals surface area (Å²) in [6, 6.07) is 11.4. The number of aromatic amines is 1. The van der Waals surface area contributed by atoms with Crippen molar-refractivity contribution < 1.29 is 4.79 Å². The molecule has 3 rings (SSSR count). The van der Waals surface area contributed by atoms with Gasteiger partial charge in [-0.3, -0.25) is 15.4 Å². The van der Waals surface area contributed by atoms with Gasteiger partial charge in [0.15, 0.2) is 5.82 Å². The van der Waals surface area contributed by atoms with Gasteiger partial charge in [0.2, 0.25) is 0 Å². The number of rotatable bonds is 3. The molecular weight excluding hydrogens is 326 g/mol. The molecule has 0 atom stereocenters.